The Hall–Kier alpha value is -4.09. The maximum Gasteiger partial charge on any atom is 0.255 e. The van der Waals surface area contributed by atoms with E-state index in [0.717, 1.165) is 0 Å². The SMILES string of the molecule is CN(C)[C@H]1C(O)=C(C(N)=O)C(=O)[C@]2(O)C(O)=C3C(=O)c4c(O)c(N)cc(-c5ccoc5)c4C[C@@H]3C[C@H]12. The van der Waals surface area contributed by atoms with Crippen molar-refractivity contribution in [2.75, 3.05) is 19.8 Å². The van der Waals surface area contributed by atoms with Crippen LogP contribution in [0.5, 0.6) is 5.75 Å². The van der Waals surface area contributed by atoms with Crippen molar-refractivity contribution in [2.24, 2.45) is 17.6 Å². The molecule has 0 radical (unpaired) electrons. The third kappa shape index (κ3) is 2.90. The van der Waals surface area contributed by atoms with Gasteiger partial charge in [0.1, 0.15) is 22.8 Å². The highest BCUT2D eigenvalue weighted by molar-refractivity contribution is 6.25. The van der Waals surface area contributed by atoms with Gasteiger partial charge in [0, 0.05) is 17.1 Å². The number of nitrogen functional groups attached to an aromatic ring is 1. The van der Waals surface area contributed by atoms with Gasteiger partial charge in [0.25, 0.3) is 5.91 Å². The Kier molecular flexibility index (Phi) is 5.06. The highest BCUT2D eigenvalue weighted by Gasteiger charge is 2.63. The van der Waals surface area contributed by atoms with Crippen LogP contribution in [0.1, 0.15) is 22.3 Å². The molecule has 5 rings (SSSR count). The molecule has 0 saturated carbocycles. The first-order chi connectivity index (χ1) is 16.9. The van der Waals surface area contributed by atoms with Crippen LogP contribution >= 0.6 is 0 Å². The van der Waals surface area contributed by atoms with Crippen molar-refractivity contribution in [1.82, 2.24) is 4.90 Å². The molecule has 3 aliphatic rings. The van der Waals surface area contributed by atoms with Crippen LogP contribution in [0.3, 0.4) is 0 Å². The first-order valence-electron chi connectivity index (χ1n) is 11.2. The average Bonchev–Trinajstić information content (AvgIpc) is 3.33. The summed E-state index contributed by atoms with van der Waals surface area (Å²) in [4.78, 5) is 40.6. The maximum atomic E-state index is 13.7. The Morgan fingerprint density at radius 3 is 2.50 bits per heavy atom. The first kappa shape index (κ1) is 23.6. The largest absolute Gasteiger partial charge is 0.510 e. The molecule has 1 aromatic heterocycles. The molecular formula is C25H25N3O8. The first-order valence-corrected chi connectivity index (χ1v) is 11.2. The van der Waals surface area contributed by atoms with Gasteiger partial charge >= 0.3 is 0 Å². The van der Waals surface area contributed by atoms with Crippen molar-refractivity contribution >= 4 is 23.2 Å². The molecule has 0 spiro atoms. The summed E-state index contributed by atoms with van der Waals surface area (Å²) in [5.41, 5.74) is 8.97. The van der Waals surface area contributed by atoms with Gasteiger partial charge in [-0.1, -0.05) is 0 Å². The lowest BCUT2D eigenvalue weighted by atomic mass is 9.58. The summed E-state index contributed by atoms with van der Waals surface area (Å²) < 4.78 is 5.17. The molecule has 11 heteroatoms. The number of allylic oxidation sites excluding steroid dienone is 1. The number of hydrogen-bond donors (Lipinski definition) is 6. The number of Topliss-reactive ketones (excluding diaryl/α,β-unsaturated/α-hetero) is 2. The number of anilines is 1. The lowest BCUT2D eigenvalue weighted by Crippen LogP contribution is -2.63. The zero-order chi connectivity index (χ0) is 26.3. The van der Waals surface area contributed by atoms with E-state index in [9.17, 15) is 34.8 Å². The van der Waals surface area contributed by atoms with Gasteiger partial charge in [-0.25, -0.2) is 0 Å². The van der Waals surface area contributed by atoms with Gasteiger partial charge in [-0.15, -0.1) is 0 Å². The third-order valence-corrected chi connectivity index (χ3v) is 7.58. The van der Waals surface area contributed by atoms with E-state index >= 15 is 0 Å². The quantitative estimate of drug-likeness (QED) is 0.202. The number of likely N-dealkylation sites (N-methyl/N-ethyl adjacent to an activating group) is 1. The number of primary amides is 1. The minimum Gasteiger partial charge on any atom is -0.510 e. The molecule has 0 saturated heterocycles. The molecule has 8 N–H and O–H groups in total. The van der Waals surface area contributed by atoms with E-state index in [0.29, 0.717) is 16.7 Å². The van der Waals surface area contributed by atoms with Crippen LogP contribution in [0, 0.1) is 11.8 Å². The minimum absolute atomic E-state index is 0.00171. The summed E-state index contributed by atoms with van der Waals surface area (Å²) in [5, 5.41) is 44.5. The normalized spacial score (nSPS) is 27.7. The van der Waals surface area contributed by atoms with Crippen LogP contribution < -0.4 is 11.5 Å². The Morgan fingerprint density at radius 2 is 1.92 bits per heavy atom. The molecule has 1 aromatic carbocycles. The lowest BCUT2D eigenvalue weighted by Gasteiger charge is -2.50. The molecule has 2 aromatic rings. The number of nitrogens with zero attached hydrogens (tertiary/aromatic N) is 1. The number of furan rings is 1. The topological polar surface area (TPSA) is 201 Å². The number of fused-ring (bicyclic) bond motifs is 3. The number of aromatic hydroxyl groups is 1. The van der Waals surface area contributed by atoms with Crippen LogP contribution in [-0.4, -0.2) is 68.5 Å². The van der Waals surface area contributed by atoms with Crippen molar-refractivity contribution in [3.63, 3.8) is 0 Å². The molecule has 1 heterocycles. The lowest BCUT2D eigenvalue weighted by molar-refractivity contribution is -0.148. The fraction of sp³-hybridized carbons (Fsp3) is 0.320. The van der Waals surface area contributed by atoms with E-state index in [1.165, 1.54) is 23.5 Å². The summed E-state index contributed by atoms with van der Waals surface area (Å²) in [6, 6.07) is 2.15. The van der Waals surface area contributed by atoms with Gasteiger partial charge in [-0.3, -0.25) is 19.3 Å². The van der Waals surface area contributed by atoms with Crippen molar-refractivity contribution in [3.05, 3.63) is 58.5 Å². The molecule has 0 unspecified atom stereocenters. The van der Waals surface area contributed by atoms with E-state index in [1.54, 1.807) is 20.2 Å². The fourth-order valence-electron chi connectivity index (χ4n) is 6.01. The molecule has 188 valence electrons. The van der Waals surface area contributed by atoms with E-state index in [4.69, 9.17) is 15.9 Å². The van der Waals surface area contributed by atoms with E-state index in [1.807, 2.05) is 0 Å². The highest BCUT2D eigenvalue weighted by atomic mass is 16.3. The van der Waals surface area contributed by atoms with Crippen molar-refractivity contribution in [3.8, 4) is 16.9 Å². The van der Waals surface area contributed by atoms with Crippen molar-refractivity contribution < 1.29 is 39.2 Å². The molecule has 11 nitrogen and oxygen atoms in total. The van der Waals surface area contributed by atoms with Gasteiger partial charge < -0.3 is 36.3 Å². The summed E-state index contributed by atoms with van der Waals surface area (Å²) in [7, 11) is 3.15. The zero-order valence-electron chi connectivity index (χ0n) is 19.5. The predicted molar refractivity (Wildman–Crippen MR) is 126 cm³/mol. The van der Waals surface area contributed by atoms with Gasteiger partial charge in [-0.05, 0) is 56.1 Å². The van der Waals surface area contributed by atoms with Gasteiger partial charge in [0.05, 0.1) is 29.8 Å². The van der Waals surface area contributed by atoms with Crippen LogP contribution in [-0.2, 0) is 16.0 Å². The van der Waals surface area contributed by atoms with Gasteiger partial charge in [0.2, 0.25) is 5.78 Å². The summed E-state index contributed by atoms with van der Waals surface area (Å²) in [6.45, 7) is 0. The Bertz CT molecular complexity index is 1400. The van der Waals surface area contributed by atoms with Crippen molar-refractivity contribution in [2.45, 2.75) is 24.5 Å². The number of amides is 1. The molecular weight excluding hydrogens is 470 g/mol. The Labute approximate surface area is 204 Å². The number of aliphatic hydroxyl groups excluding tert-OH is 2. The highest BCUT2D eigenvalue weighted by Crippen LogP contribution is 2.53. The number of carbonyl (C=O) groups excluding carboxylic acids is 3. The standard InChI is InChI=1S/C25H25N3O8/c1-28(2)18-13-6-10-5-12-11(9-3-4-36-8-9)7-14(26)19(29)16(12)20(30)15(10)22(32)25(13,35)23(33)17(21(18)31)24(27)34/h3-4,7-8,10,13,18,29,31-32,35H,5-6,26H2,1-2H3,(H2,27,34)/t10-,13-,18-,25-/m1/s1. The molecule has 36 heavy (non-hydrogen) atoms. The minimum atomic E-state index is -2.69. The van der Waals surface area contributed by atoms with Crippen LogP contribution in [0.4, 0.5) is 5.69 Å². The number of ketones is 2. The Morgan fingerprint density at radius 1 is 1.22 bits per heavy atom. The maximum absolute atomic E-state index is 13.7. The number of benzene rings is 1. The van der Waals surface area contributed by atoms with E-state index in [-0.39, 0.29) is 29.7 Å². The second-order valence-corrected chi connectivity index (χ2v) is 9.69. The van der Waals surface area contributed by atoms with Crippen LogP contribution in [0.2, 0.25) is 0 Å². The second kappa shape index (κ2) is 7.70. The van der Waals surface area contributed by atoms with Gasteiger partial charge in [0.15, 0.2) is 11.4 Å². The number of phenols is 1. The van der Waals surface area contributed by atoms with E-state index in [2.05, 4.69) is 0 Å². The molecule has 3 aliphatic carbocycles. The zero-order valence-corrected chi connectivity index (χ0v) is 19.5. The summed E-state index contributed by atoms with van der Waals surface area (Å²) >= 11 is 0. The predicted octanol–water partition coefficient (Wildman–Crippen LogP) is 0.963. The average molecular weight is 495 g/mol. The van der Waals surface area contributed by atoms with Crippen LogP contribution in [0.15, 0.2) is 51.7 Å². The van der Waals surface area contributed by atoms with Gasteiger partial charge in [-0.2, -0.15) is 0 Å². The summed E-state index contributed by atoms with van der Waals surface area (Å²) in [6.07, 6.45) is 3.08. The molecule has 0 fully saturated rings. The molecule has 0 aliphatic heterocycles. The monoisotopic (exact) mass is 495 g/mol. The number of rotatable bonds is 3. The fourth-order valence-corrected chi connectivity index (χ4v) is 6.01. The number of carbonyl (C=O) groups is 3. The third-order valence-electron chi connectivity index (χ3n) is 7.58. The van der Waals surface area contributed by atoms with E-state index < -0.39 is 63.8 Å². The molecule has 4 atom stereocenters. The number of phenolic OH excluding ortho intramolecular Hbond substituents is 1. The Balaban J connectivity index is 1.76. The number of nitrogens with two attached hydrogens (primary N) is 2. The van der Waals surface area contributed by atoms with Crippen molar-refractivity contribution in [1.29, 1.82) is 0 Å². The molecule has 1 amide bonds. The number of aliphatic hydroxyl groups is 3. The number of hydrogen-bond acceptors (Lipinski definition) is 10. The molecule has 0 bridgehead atoms. The smallest absolute Gasteiger partial charge is 0.255 e. The summed E-state index contributed by atoms with van der Waals surface area (Å²) in [5.74, 6) is -7.14. The van der Waals surface area contributed by atoms with Crippen LogP contribution in [0.25, 0.3) is 11.1 Å². The second-order valence-electron chi connectivity index (χ2n) is 9.69.